The number of nitrogens with zero attached hydrogens (tertiary/aromatic N) is 2. The van der Waals surface area contributed by atoms with Gasteiger partial charge in [-0.3, -0.25) is 0 Å². The number of guanidine groups is 1. The van der Waals surface area contributed by atoms with Crippen LogP contribution in [-0.4, -0.2) is 30.0 Å². The average molecular weight is 223 g/mol. The van der Waals surface area contributed by atoms with Crippen molar-refractivity contribution in [3.05, 3.63) is 0 Å². The van der Waals surface area contributed by atoms with Crippen molar-refractivity contribution in [3.8, 4) is 0 Å². The van der Waals surface area contributed by atoms with Gasteiger partial charge in [-0.1, -0.05) is 19.3 Å². The molecule has 92 valence electrons. The molecule has 0 unspecified atom stereocenters. The molecule has 0 heterocycles. The monoisotopic (exact) mass is 223 g/mol. The van der Waals surface area contributed by atoms with Crippen molar-refractivity contribution in [2.45, 2.75) is 57.9 Å². The van der Waals surface area contributed by atoms with Crippen molar-refractivity contribution >= 4 is 5.96 Å². The first-order valence-corrected chi connectivity index (χ1v) is 6.87. The van der Waals surface area contributed by atoms with E-state index in [9.17, 15) is 0 Å². The van der Waals surface area contributed by atoms with Crippen molar-refractivity contribution in [2.24, 2.45) is 16.6 Å². The third-order valence-electron chi connectivity index (χ3n) is 4.05. The molecule has 2 aliphatic rings. The molecule has 2 N–H and O–H groups in total. The zero-order chi connectivity index (χ0) is 11.4. The molecule has 0 aliphatic heterocycles. The van der Waals surface area contributed by atoms with Gasteiger partial charge in [-0.25, -0.2) is 4.99 Å². The van der Waals surface area contributed by atoms with E-state index in [-0.39, 0.29) is 0 Å². The summed E-state index contributed by atoms with van der Waals surface area (Å²) in [6, 6.07) is 0.510. The second kappa shape index (κ2) is 5.55. The molecule has 0 amide bonds. The Hall–Kier alpha value is -0.730. The van der Waals surface area contributed by atoms with E-state index in [0.717, 1.165) is 25.0 Å². The maximum atomic E-state index is 6.11. The minimum atomic E-state index is 0.510. The maximum absolute atomic E-state index is 6.11. The highest BCUT2D eigenvalue weighted by Gasteiger charge is 2.22. The van der Waals surface area contributed by atoms with Gasteiger partial charge < -0.3 is 10.6 Å². The highest BCUT2D eigenvalue weighted by Crippen LogP contribution is 2.27. The van der Waals surface area contributed by atoms with E-state index in [4.69, 9.17) is 5.73 Å². The zero-order valence-electron chi connectivity index (χ0n) is 10.5. The third-order valence-corrected chi connectivity index (χ3v) is 4.05. The van der Waals surface area contributed by atoms with Crippen LogP contribution in [0.15, 0.2) is 4.99 Å². The van der Waals surface area contributed by atoms with Gasteiger partial charge in [0.05, 0.1) is 6.04 Å². The third kappa shape index (κ3) is 2.89. The first-order valence-electron chi connectivity index (χ1n) is 6.87. The summed E-state index contributed by atoms with van der Waals surface area (Å²) in [6.45, 7) is 4.30. The first-order chi connectivity index (χ1) is 7.79. The van der Waals surface area contributed by atoms with Gasteiger partial charge in [0.15, 0.2) is 5.96 Å². The smallest absolute Gasteiger partial charge is 0.191 e. The molecule has 0 atom stereocenters. The number of aliphatic imine (C=N–C) groups is 1. The van der Waals surface area contributed by atoms with Gasteiger partial charge in [-0.15, -0.1) is 0 Å². The minimum Gasteiger partial charge on any atom is -0.370 e. The molecule has 0 radical (unpaired) electrons. The number of hydrogen-bond acceptors (Lipinski definition) is 1. The SMILES string of the molecule is CCN(CC1CCC1)C(N)=NC1CCCC1. The Kier molecular flexibility index (Phi) is 4.08. The lowest BCUT2D eigenvalue weighted by atomic mass is 9.85. The summed E-state index contributed by atoms with van der Waals surface area (Å²) in [6.07, 6.45) is 9.30. The summed E-state index contributed by atoms with van der Waals surface area (Å²) >= 11 is 0. The molecule has 2 fully saturated rings. The Balaban J connectivity index is 1.85. The molecule has 0 aromatic heterocycles. The van der Waals surface area contributed by atoms with Gasteiger partial charge in [0.1, 0.15) is 0 Å². The lowest BCUT2D eigenvalue weighted by molar-refractivity contribution is 0.242. The average Bonchev–Trinajstić information content (AvgIpc) is 2.69. The molecule has 2 aliphatic carbocycles. The molecule has 2 saturated carbocycles. The molecule has 3 nitrogen and oxygen atoms in total. The second-order valence-corrected chi connectivity index (χ2v) is 5.26. The van der Waals surface area contributed by atoms with E-state index in [1.807, 2.05) is 0 Å². The fraction of sp³-hybridized carbons (Fsp3) is 0.923. The van der Waals surface area contributed by atoms with E-state index < -0.39 is 0 Å². The van der Waals surface area contributed by atoms with Gasteiger partial charge >= 0.3 is 0 Å². The van der Waals surface area contributed by atoms with Crippen LogP contribution in [-0.2, 0) is 0 Å². The standard InChI is InChI=1S/C13H25N3/c1-2-16(10-11-6-5-7-11)13(14)15-12-8-3-4-9-12/h11-12H,2-10H2,1H3,(H2,14,15). The molecule has 0 aromatic carbocycles. The van der Waals surface area contributed by atoms with Gasteiger partial charge in [0, 0.05) is 13.1 Å². The van der Waals surface area contributed by atoms with E-state index in [0.29, 0.717) is 6.04 Å². The Morgan fingerprint density at radius 1 is 1.19 bits per heavy atom. The predicted octanol–water partition coefficient (Wildman–Crippen LogP) is 2.37. The molecule has 0 saturated heterocycles. The van der Waals surface area contributed by atoms with Gasteiger partial charge in [0.2, 0.25) is 0 Å². The fourth-order valence-corrected chi connectivity index (χ4v) is 2.67. The quantitative estimate of drug-likeness (QED) is 0.587. The number of hydrogen-bond donors (Lipinski definition) is 1. The fourth-order valence-electron chi connectivity index (χ4n) is 2.67. The molecule has 3 heteroatoms. The lowest BCUT2D eigenvalue weighted by Crippen LogP contribution is -2.42. The maximum Gasteiger partial charge on any atom is 0.191 e. The van der Waals surface area contributed by atoms with E-state index in [1.165, 1.54) is 44.9 Å². The van der Waals surface area contributed by atoms with Crippen molar-refractivity contribution in [1.82, 2.24) is 4.90 Å². The molecule has 2 rings (SSSR count). The van der Waals surface area contributed by atoms with Crippen LogP contribution in [0.5, 0.6) is 0 Å². The Morgan fingerprint density at radius 2 is 1.88 bits per heavy atom. The predicted molar refractivity (Wildman–Crippen MR) is 68.5 cm³/mol. The summed E-state index contributed by atoms with van der Waals surface area (Å²) in [5.74, 6) is 1.67. The van der Waals surface area contributed by atoms with Crippen molar-refractivity contribution in [1.29, 1.82) is 0 Å². The summed E-state index contributed by atoms with van der Waals surface area (Å²) in [5, 5.41) is 0. The molecule has 0 aromatic rings. The first kappa shape index (κ1) is 11.7. The van der Waals surface area contributed by atoms with Crippen LogP contribution in [0.3, 0.4) is 0 Å². The number of rotatable bonds is 4. The van der Waals surface area contributed by atoms with Crippen LogP contribution in [0, 0.1) is 5.92 Å². The topological polar surface area (TPSA) is 41.6 Å². The summed E-state index contributed by atoms with van der Waals surface area (Å²) in [5.41, 5.74) is 6.11. The van der Waals surface area contributed by atoms with Crippen molar-refractivity contribution < 1.29 is 0 Å². The Labute approximate surface area is 99.1 Å². The largest absolute Gasteiger partial charge is 0.370 e. The molecule has 0 bridgehead atoms. The summed E-state index contributed by atoms with van der Waals surface area (Å²) < 4.78 is 0. The van der Waals surface area contributed by atoms with Crippen molar-refractivity contribution in [3.63, 3.8) is 0 Å². The van der Waals surface area contributed by atoms with Gasteiger partial charge in [-0.2, -0.15) is 0 Å². The van der Waals surface area contributed by atoms with E-state index >= 15 is 0 Å². The number of nitrogens with two attached hydrogens (primary N) is 1. The van der Waals surface area contributed by atoms with Gasteiger partial charge in [-0.05, 0) is 38.5 Å². The van der Waals surface area contributed by atoms with Gasteiger partial charge in [0.25, 0.3) is 0 Å². The summed E-state index contributed by atoms with van der Waals surface area (Å²) in [7, 11) is 0. The minimum absolute atomic E-state index is 0.510. The Bertz CT molecular complexity index is 240. The Morgan fingerprint density at radius 3 is 2.38 bits per heavy atom. The van der Waals surface area contributed by atoms with Crippen LogP contribution in [0.2, 0.25) is 0 Å². The van der Waals surface area contributed by atoms with Crippen molar-refractivity contribution in [2.75, 3.05) is 13.1 Å². The van der Waals surface area contributed by atoms with Crippen LogP contribution < -0.4 is 5.73 Å². The van der Waals surface area contributed by atoms with E-state index in [1.54, 1.807) is 0 Å². The van der Waals surface area contributed by atoms with Crippen LogP contribution in [0.25, 0.3) is 0 Å². The van der Waals surface area contributed by atoms with Crippen LogP contribution in [0.1, 0.15) is 51.9 Å². The second-order valence-electron chi connectivity index (χ2n) is 5.26. The molecular weight excluding hydrogens is 198 g/mol. The molecule has 0 spiro atoms. The van der Waals surface area contributed by atoms with E-state index in [2.05, 4.69) is 16.8 Å². The highest BCUT2D eigenvalue weighted by atomic mass is 15.3. The molecular formula is C13H25N3. The summed E-state index contributed by atoms with van der Waals surface area (Å²) in [4.78, 5) is 6.94. The van der Waals surface area contributed by atoms with Crippen LogP contribution in [0.4, 0.5) is 0 Å². The molecule has 16 heavy (non-hydrogen) atoms. The highest BCUT2D eigenvalue weighted by molar-refractivity contribution is 5.78. The lowest BCUT2D eigenvalue weighted by Gasteiger charge is -2.32. The van der Waals surface area contributed by atoms with Crippen LogP contribution >= 0.6 is 0 Å². The zero-order valence-corrected chi connectivity index (χ0v) is 10.5. The normalized spacial score (nSPS) is 23.4.